The van der Waals surface area contributed by atoms with Crippen molar-refractivity contribution >= 4 is 16.9 Å². The summed E-state index contributed by atoms with van der Waals surface area (Å²) in [6, 6.07) is 8.16. The van der Waals surface area contributed by atoms with E-state index in [1.54, 1.807) is 30.3 Å². The van der Waals surface area contributed by atoms with Crippen molar-refractivity contribution in [1.29, 1.82) is 0 Å². The molecule has 17 heavy (non-hydrogen) atoms. The van der Waals surface area contributed by atoms with Crippen LogP contribution >= 0.6 is 11.8 Å². The normalized spacial score (nSPS) is 13.4. The Morgan fingerprint density at radius 2 is 1.82 bits per heavy atom. The van der Waals surface area contributed by atoms with Crippen LogP contribution in [0, 0.1) is 0 Å². The SMILES string of the molecule is O=C(SCCC(F)C(F)(F)F)c1ccccc1. The molecule has 0 saturated heterocycles. The Morgan fingerprint density at radius 1 is 1.24 bits per heavy atom. The molecule has 0 aromatic heterocycles. The Kier molecular flexibility index (Phi) is 4.99. The summed E-state index contributed by atoms with van der Waals surface area (Å²) in [5.74, 6) is -0.186. The van der Waals surface area contributed by atoms with Crippen molar-refractivity contribution in [1.82, 2.24) is 0 Å². The molecule has 0 radical (unpaired) electrons. The van der Waals surface area contributed by atoms with Gasteiger partial charge in [0.15, 0.2) is 6.17 Å². The average Bonchev–Trinajstić information content (AvgIpc) is 2.28. The van der Waals surface area contributed by atoms with Crippen molar-refractivity contribution in [2.45, 2.75) is 18.8 Å². The first-order valence-corrected chi connectivity index (χ1v) is 5.83. The maximum atomic E-state index is 12.5. The largest absolute Gasteiger partial charge is 0.419 e. The number of hydrogen-bond acceptors (Lipinski definition) is 2. The number of alkyl halides is 4. The summed E-state index contributed by atoms with van der Waals surface area (Å²) in [4.78, 5) is 11.4. The topological polar surface area (TPSA) is 17.1 Å². The quantitative estimate of drug-likeness (QED) is 0.770. The highest BCUT2D eigenvalue weighted by Crippen LogP contribution is 2.26. The van der Waals surface area contributed by atoms with Gasteiger partial charge in [-0.15, -0.1) is 0 Å². The Balaban J connectivity index is 2.35. The highest BCUT2D eigenvalue weighted by molar-refractivity contribution is 8.14. The maximum Gasteiger partial charge on any atom is 0.419 e. The lowest BCUT2D eigenvalue weighted by Gasteiger charge is -2.11. The van der Waals surface area contributed by atoms with Crippen LogP contribution in [-0.4, -0.2) is 23.2 Å². The van der Waals surface area contributed by atoms with Gasteiger partial charge in [0.1, 0.15) is 0 Å². The van der Waals surface area contributed by atoms with Crippen LogP contribution in [0.15, 0.2) is 30.3 Å². The first kappa shape index (κ1) is 14.0. The minimum Gasteiger partial charge on any atom is -0.282 e. The van der Waals surface area contributed by atoms with Crippen LogP contribution in [0.5, 0.6) is 0 Å². The van der Waals surface area contributed by atoms with Crippen molar-refractivity contribution in [3.05, 3.63) is 35.9 Å². The second-order valence-electron chi connectivity index (χ2n) is 3.30. The lowest BCUT2D eigenvalue weighted by atomic mass is 10.2. The van der Waals surface area contributed by atoms with Gasteiger partial charge in [-0.1, -0.05) is 42.1 Å². The van der Waals surface area contributed by atoms with Crippen LogP contribution in [0.4, 0.5) is 17.6 Å². The molecule has 0 saturated carbocycles. The molecule has 0 fully saturated rings. The molecule has 1 rings (SSSR count). The highest BCUT2D eigenvalue weighted by atomic mass is 32.2. The predicted octanol–water partition coefficient (Wildman–Crippen LogP) is 3.85. The number of rotatable bonds is 4. The molecule has 0 aliphatic carbocycles. The first-order chi connectivity index (χ1) is 7.91. The average molecular weight is 266 g/mol. The summed E-state index contributed by atoms with van der Waals surface area (Å²) in [6.45, 7) is 0. The summed E-state index contributed by atoms with van der Waals surface area (Å²) in [5.41, 5.74) is 0.403. The molecule has 0 aliphatic rings. The predicted molar refractivity (Wildman–Crippen MR) is 58.8 cm³/mol. The Morgan fingerprint density at radius 3 is 2.35 bits per heavy atom. The molecule has 0 heterocycles. The molecule has 1 aromatic rings. The van der Waals surface area contributed by atoms with Crippen molar-refractivity contribution in [3.63, 3.8) is 0 Å². The van der Waals surface area contributed by atoms with Crippen LogP contribution in [0.25, 0.3) is 0 Å². The molecule has 6 heteroatoms. The van der Waals surface area contributed by atoms with E-state index in [1.165, 1.54) is 0 Å². The van der Waals surface area contributed by atoms with Gasteiger partial charge in [0, 0.05) is 11.3 Å². The van der Waals surface area contributed by atoms with E-state index in [0.717, 1.165) is 0 Å². The van der Waals surface area contributed by atoms with Crippen LogP contribution in [0.1, 0.15) is 16.8 Å². The Hall–Kier alpha value is -1.04. The zero-order valence-corrected chi connectivity index (χ0v) is 9.52. The van der Waals surface area contributed by atoms with Crippen LogP contribution in [0.3, 0.4) is 0 Å². The maximum absolute atomic E-state index is 12.5. The van der Waals surface area contributed by atoms with Crippen molar-refractivity contribution in [3.8, 4) is 0 Å². The molecule has 1 aromatic carbocycles. The zero-order chi connectivity index (χ0) is 12.9. The fourth-order valence-electron chi connectivity index (χ4n) is 1.08. The fraction of sp³-hybridized carbons (Fsp3) is 0.364. The van der Waals surface area contributed by atoms with E-state index in [0.29, 0.717) is 17.3 Å². The minimum atomic E-state index is -4.84. The van der Waals surface area contributed by atoms with Gasteiger partial charge in [-0.2, -0.15) is 13.2 Å². The second kappa shape index (κ2) is 6.05. The molecule has 1 nitrogen and oxygen atoms in total. The third-order valence-electron chi connectivity index (χ3n) is 1.97. The summed E-state index contributed by atoms with van der Waals surface area (Å²) in [5, 5.41) is -0.347. The van der Waals surface area contributed by atoms with E-state index in [9.17, 15) is 22.4 Å². The summed E-state index contributed by atoms with van der Waals surface area (Å²) in [7, 11) is 0. The number of halogens is 4. The highest BCUT2D eigenvalue weighted by Gasteiger charge is 2.39. The van der Waals surface area contributed by atoms with Crippen molar-refractivity contribution in [2.75, 3.05) is 5.75 Å². The lowest BCUT2D eigenvalue weighted by Crippen LogP contribution is -2.24. The Bertz CT molecular complexity index is 363. The molecular formula is C11H10F4OS. The summed E-state index contributed by atoms with van der Waals surface area (Å²) >= 11 is 0.695. The Labute approximate surface area is 100 Å². The van der Waals surface area contributed by atoms with Crippen LogP contribution < -0.4 is 0 Å². The van der Waals surface area contributed by atoms with Crippen molar-refractivity contribution in [2.24, 2.45) is 0 Å². The molecule has 1 atom stereocenters. The third kappa shape index (κ3) is 4.77. The van der Waals surface area contributed by atoms with Gasteiger partial charge in [-0.3, -0.25) is 4.79 Å². The van der Waals surface area contributed by atoms with Crippen LogP contribution in [-0.2, 0) is 0 Å². The van der Waals surface area contributed by atoms with Gasteiger partial charge in [0.2, 0.25) is 5.12 Å². The molecule has 0 bridgehead atoms. The fourth-order valence-corrected chi connectivity index (χ4v) is 1.89. The van der Waals surface area contributed by atoms with Gasteiger partial charge < -0.3 is 0 Å². The van der Waals surface area contributed by atoms with Gasteiger partial charge in [0.05, 0.1) is 0 Å². The molecule has 1 unspecified atom stereocenters. The first-order valence-electron chi connectivity index (χ1n) is 4.84. The van der Waals surface area contributed by atoms with E-state index in [2.05, 4.69) is 0 Å². The van der Waals surface area contributed by atoms with E-state index >= 15 is 0 Å². The molecular weight excluding hydrogens is 256 g/mol. The van der Waals surface area contributed by atoms with Gasteiger partial charge in [-0.25, -0.2) is 4.39 Å². The molecule has 0 spiro atoms. The van der Waals surface area contributed by atoms with Gasteiger partial charge in [-0.05, 0) is 6.42 Å². The number of carbonyl (C=O) groups excluding carboxylic acids is 1. The molecule has 94 valence electrons. The van der Waals surface area contributed by atoms with Crippen LogP contribution in [0.2, 0.25) is 0 Å². The molecule has 0 amide bonds. The van der Waals surface area contributed by atoms with Crippen molar-refractivity contribution < 1.29 is 22.4 Å². The molecule has 0 N–H and O–H groups in total. The smallest absolute Gasteiger partial charge is 0.282 e. The number of thioether (sulfide) groups is 1. The number of carbonyl (C=O) groups is 1. The van der Waals surface area contributed by atoms with E-state index in [1.807, 2.05) is 0 Å². The summed E-state index contributed by atoms with van der Waals surface area (Å²) in [6.07, 6.45) is -8.40. The summed E-state index contributed by atoms with van der Waals surface area (Å²) < 4.78 is 48.0. The standard InChI is InChI=1S/C11H10F4OS/c12-9(11(13,14)15)6-7-17-10(16)8-4-2-1-3-5-8/h1-5,9H,6-7H2. The van der Waals surface area contributed by atoms with Gasteiger partial charge in [0.25, 0.3) is 0 Å². The van der Waals surface area contributed by atoms with E-state index in [4.69, 9.17) is 0 Å². The molecule has 0 aliphatic heterocycles. The van der Waals surface area contributed by atoms with E-state index < -0.39 is 18.8 Å². The van der Waals surface area contributed by atoms with Gasteiger partial charge >= 0.3 is 6.18 Å². The number of hydrogen-bond donors (Lipinski definition) is 0. The zero-order valence-electron chi connectivity index (χ0n) is 8.71. The second-order valence-corrected chi connectivity index (χ2v) is 4.37. The monoisotopic (exact) mass is 266 g/mol. The number of benzene rings is 1. The minimum absolute atomic E-state index is 0.186. The van der Waals surface area contributed by atoms with E-state index in [-0.39, 0.29) is 10.9 Å². The third-order valence-corrected chi connectivity index (χ3v) is 2.91. The lowest BCUT2D eigenvalue weighted by molar-refractivity contribution is -0.180.